The van der Waals surface area contributed by atoms with Crippen LogP contribution in [0.4, 0.5) is 0 Å². The lowest BCUT2D eigenvalue weighted by Gasteiger charge is -2.21. The Morgan fingerprint density at radius 1 is 1.03 bits per heavy atom. The molecule has 0 saturated carbocycles. The Labute approximate surface area is 184 Å². The molecule has 162 valence electrons. The Balaban J connectivity index is 1.30. The largest absolute Gasteiger partial charge is 0.480 e. The molecule has 0 bridgehead atoms. The second-order valence-electron chi connectivity index (χ2n) is 7.81. The molecule has 1 aromatic heterocycles. The summed E-state index contributed by atoms with van der Waals surface area (Å²) in [6.07, 6.45) is 1.66. The van der Waals surface area contributed by atoms with Crippen molar-refractivity contribution in [3.8, 4) is 0 Å². The van der Waals surface area contributed by atoms with Gasteiger partial charge < -0.3 is 10.4 Å². The van der Waals surface area contributed by atoms with Crippen LogP contribution in [0.3, 0.4) is 0 Å². The predicted octanol–water partition coefficient (Wildman–Crippen LogP) is 3.36. The number of benzene rings is 2. The highest BCUT2D eigenvalue weighted by Crippen LogP contribution is 2.26. The molecule has 1 fully saturated rings. The van der Waals surface area contributed by atoms with Crippen molar-refractivity contribution in [2.45, 2.75) is 38.5 Å². The summed E-state index contributed by atoms with van der Waals surface area (Å²) in [6.45, 7) is 2.93. The van der Waals surface area contributed by atoms with Gasteiger partial charge in [-0.2, -0.15) is 0 Å². The minimum atomic E-state index is -0.730. The van der Waals surface area contributed by atoms with Gasteiger partial charge in [-0.15, -0.1) is 11.3 Å². The van der Waals surface area contributed by atoms with Gasteiger partial charge in [0.15, 0.2) is 0 Å². The molecule has 0 spiro atoms. The molecule has 0 aliphatic carbocycles. The van der Waals surface area contributed by atoms with E-state index < -0.39 is 11.9 Å². The van der Waals surface area contributed by atoms with E-state index in [0.29, 0.717) is 18.0 Å². The Hall–Kier alpha value is -2.78. The number of carbonyl (C=O) groups excluding carboxylic acids is 1. The van der Waals surface area contributed by atoms with Gasteiger partial charge in [-0.1, -0.05) is 36.4 Å². The third-order valence-electron chi connectivity index (χ3n) is 5.63. The molecule has 0 radical (unpaired) electrons. The fourth-order valence-electron chi connectivity index (χ4n) is 4.00. The van der Waals surface area contributed by atoms with Crippen LogP contribution in [0.25, 0.3) is 10.1 Å². The van der Waals surface area contributed by atoms with Crippen molar-refractivity contribution in [2.75, 3.05) is 6.54 Å². The number of fused-ring (bicyclic) bond motifs is 1. The summed E-state index contributed by atoms with van der Waals surface area (Å²) in [4.78, 5) is 25.4. The van der Waals surface area contributed by atoms with Crippen LogP contribution in [0, 0.1) is 0 Å². The van der Waals surface area contributed by atoms with Gasteiger partial charge in [-0.05, 0) is 53.6 Å². The van der Waals surface area contributed by atoms with E-state index in [1.165, 1.54) is 16.9 Å². The first-order valence-electron chi connectivity index (χ1n) is 10.3. The van der Waals surface area contributed by atoms with Crippen molar-refractivity contribution in [3.63, 3.8) is 0 Å². The van der Waals surface area contributed by atoms with Crippen molar-refractivity contribution in [2.24, 2.45) is 0 Å². The maximum Gasteiger partial charge on any atom is 0.320 e. The second kappa shape index (κ2) is 9.57. The zero-order valence-corrected chi connectivity index (χ0v) is 17.8. The van der Waals surface area contributed by atoms with Crippen molar-refractivity contribution in [3.05, 3.63) is 70.1 Å². The molecule has 1 saturated heterocycles. The molecule has 8 heteroatoms. The van der Waals surface area contributed by atoms with Gasteiger partial charge in [0.2, 0.25) is 0 Å². The molecule has 3 aromatic rings. The van der Waals surface area contributed by atoms with Crippen LogP contribution < -0.4 is 10.8 Å². The molecule has 1 atom stereocenters. The Kier molecular flexibility index (Phi) is 6.62. The lowest BCUT2D eigenvalue weighted by molar-refractivity contribution is -0.142. The highest BCUT2D eigenvalue weighted by molar-refractivity contribution is 7.20. The Morgan fingerprint density at radius 3 is 2.48 bits per heavy atom. The molecule has 7 nitrogen and oxygen atoms in total. The third-order valence-corrected chi connectivity index (χ3v) is 6.72. The maximum atomic E-state index is 11.6. The number of hydrogen-bond acceptors (Lipinski definition) is 6. The van der Waals surface area contributed by atoms with Crippen molar-refractivity contribution >= 4 is 33.3 Å². The van der Waals surface area contributed by atoms with E-state index in [4.69, 9.17) is 5.21 Å². The molecular weight excluding hydrogens is 414 g/mol. The van der Waals surface area contributed by atoms with Gasteiger partial charge in [0.05, 0.1) is 4.88 Å². The fraction of sp³-hybridized carbons (Fsp3) is 0.304. The number of carbonyl (C=O) groups is 2. The lowest BCUT2D eigenvalue weighted by atomic mass is 10.1. The average Bonchev–Trinajstić information content (AvgIpc) is 3.41. The molecule has 1 aliphatic heterocycles. The summed E-state index contributed by atoms with van der Waals surface area (Å²) in [5.41, 5.74) is 5.08. The molecule has 4 rings (SSSR count). The highest BCUT2D eigenvalue weighted by Gasteiger charge is 2.30. The quantitative estimate of drug-likeness (QED) is 0.317. The van der Waals surface area contributed by atoms with Crippen LogP contribution in [0.2, 0.25) is 0 Å². The molecule has 1 amide bonds. The summed E-state index contributed by atoms with van der Waals surface area (Å²) >= 11 is 1.35. The van der Waals surface area contributed by atoms with E-state index in [-0.39, 0.29) is 6.04 Å². The van der Waals surface area contributed by atoms with E-state index in [0.717, 1.165) is 47.1 Å². The third kappa shape index (κ3) is 5.11. The summed E-state index contributed by atoms with van der Waals surface area (Å²) in [5.74, 6) is -1.22. The molecule has 31 heavy (non-hydrogen) atoms. The SMILES string of the molecule is O=C(NO)c1cc2ccc(CNCc3ccc(CN4CCC[C@H]4C(=O)O)cc3)cc2s1. The van der Waals surface area contributed by atoms with Crippen LogP contribution in [0.1, 0.15) is 39.2 Å². The number of carboxylic acids is 1. The van der Waals surface area contributed by atoms with Gasteiger partial charge in [-0.25, -0.2) is 5.48 Å². The number of amides is 1. The second-order valence-corrected chi connectivity index (χ2v) is 8.89. The maximum absolute atomic E-state index is 11.6. The molecular formula is C23H25N3O4S. The first kappa shape index (κ1) is 21.5. The van der Waals surface area contributed by atoms with Crippen LogP contribution >= 0.6 is 11.3 Å². The van der Waals surface area contributed by atoms with Crippen LogP contribution in [0.5, 0.6) is 0 Å². The smallest absolute Gasteiger partial charge is 0.320 e. The topological polar surface area (TPSA) is 102 Å². The number of rotatable bonds is 8. The summed E-state index contributed by atoms with van der Waals surface area (Å²) in [6, 6.07) is 15.8. The van der Waals surface area contributed by atoms with E-state index in [1.807, 2.05) is 17.0 Å². The molecule has 0 unspecified atom stereocenters. The van der Waals surface area contributed by atoms with Crippen LogP contribution in [0.15, 0.2) is 48.5 Å². The van der Waals surface area contributed by atoms with Crippen molar-refractivity contribution in [1.29, 1.82) is 0 Å². The molecule has 1 aliphatic rings. The van der Waals surface area contributed by atoms with Gasteiger partial charge in [0.1, 0.15) is 6.04 Å². The normalized spacial score (nSPS) is 16.6. The number of aliphatic carboxylic acids is 1. The van der Waals surface area contributed by atoms with Gasteiger partial charge >= 0.3 is 5.97 Å². The van der Waals surface area contributed by atoms with Crippen molar-refractivity contribution in [1.82, 2.24) is 15.7 Å². The first-order valence-corrected chi connectivity index (χ1v) is 11.1. The number of thiophene rings is 1. The van der Waals surface area contributed by atoms with E-state index in [1.54, 1.807) is 11.5 Å². The number of hydrogen-bond donors (Lipinski definition) is 4. The highest BCUT2D eigenvalue weighted by atomic mass is 32.1. The zero-order chi connectivity index (χ0) is 21.8. The first-order chi connectivity index (χ1) is 15.0. The number of hydroxylamine groups is 1. The van der Waals surface area contributed by atoms with E-state index >= 15 is 0 Å². The predicted molar refractivity (Wildman–Crippen MR) is 119 cm³/mol. The fourth-order valence-corrected chi connectivity index (χ4v) is 5.01. The summed E-state index contributed by atoms with van der Waals surface area (Å²) < 4.78 is 1.00. The summed E-state index contributed by atoms with van der Waals surface area (Å²) in [5, 5.41) is 22.5. The van der Waals surface area contributed by atoms with Crippen LogP contribution in [-0.4, -0.2) is 39.7 Å². The van der Waals surface area contributed by atoms with E-state index in [2.05, 4.69) is 35.6 Å². The minimum absolute atomic E-state index is 0.365. The Morgan fingerprint density at radius 2 is 1.74 bits per heavy atom. The number of carboxylic acid groups (broad SMARTS) is 1. The molecule has 4 N–H and O–H groups in total. The number of likely N-dealkylation sites (tertiary alicyclic amines) is 1. The van der Waals surface area contributed by atoms with Crippen LogP contribution in [-0.2, 0) is 24.4 Å². The Bertz CT molecular complexity index is 1080. The minimum Gasteiger partial charge on any atom is -0.480 e. The number of nitrogens with zero attached hydrogens (tertiary/aromatic N) is 1. The monoisotopic (exact) mass is 439 g/mol. The van der Waals surface area contributed by atoms with Gasteiger partial charge in [0.25, 0.3) is 5.91 Å². The lowest BCUT2D eigenvalue weighted by Crippen LogP contribution is -2.35. The molecule has 2 aromatic carbocycles. The van der Waals surface area contributed by atoms with Gasteiger partial charge in [-0.3, -0.25) is 19.7 Å². The van der Waals surface area contributed by atoms with Crippen molar-refractivity contribution < 1.29 is 19.9 Å². The van der Waals surface area contributed by atoms with E-state index in [9.17, 15) is 14.7 Å². The summed E-state index contributed by atoms with van der Waals surface area (Å²) in [7, 11) is 0. The van der Waals surface area contributed by atoms with Gasteiger partial charge in [0, 0.05) is 24.3 Å². The standard InChI is InChI=1S/C23H25N3O4S/c27-22(25-30)21-11-18-8-7-17(10-20(18)31-21)13-24-12-15-3-5-16(6-4-15)14-26-9-1-2-19(26)23(28)29/h3-8,10-11,19,24,30H,1-2,9,12-14H2,(H,25,27)(H,28,29)/t19-/m0/s1. The molecule has 2 heterocycles. The average molecular weight is 440 g/mol. The number of nitrogens with one attached hydrogen (secondary N) is 2. The zero-order valence-electron chi connectivity index (χ0n) is 17.0.